The summed E-state index contributed by atoms with van der Waals surface area (Å²) in [5.74, 6) is -0.373. The molecule has 0 saturated heterocycles. The molecule has 0 aromatic heterocycles. The summed E-state index contributed by atoms with van der Waals surface area (Å²) in [6.07, 6.45) is 2.49. The first kappa shape index (κ1) is 25.3. The van der Waals surface area contributed by atoms with Gasteiger partial charge in [-0.25, -0.2) is 4.79 Å². The monoisotopic (exact) mass is 509 g/mol. The highest BCUT2D eigenvalue weighted by Gasteiger charge is 2.45. The largest absolute Gasteiger partial charge is 0.493 e. The molecule has 3 unspecified atom stereocenters. The molecular weight excluding hydrogens is 478 g/mol. The van der Waals surface area contributed by atoms with E-state index in [2.05, 4.69) is 11.4 Å². The van der Waals surface area contributed by atoms with Crippen LogP contribution in [0.25, 0.3) is 0 Å². The molecule has 0 spiro atoms. The van der Waals surface area contributed by atoms with E-state index in [4.69, 9.17) is 14.2 Å². The number of hydrogen-bond donors (Lipinski definition) is 1. The Morgan fingerprint density at radius 3 is 2.24 bits per heavy atom. The lowest BCUT2D eigenvalue weighted by atomic mass is 9.68. The maximum absolute atomic E-state index is 13.8. The zero-order chi connectivity index (χ0) is 26.6. The molecule has 0 amide bonds. The summed E-state index contributed by atoms with van der Waals surface area (Å²) in [4.78, 5) is 27.4. The number of nitrogens with one attached hydrogen (secondary N) is 1. The molecule has 38 heavy (non-hydrogen) atoms. The van der Waals surface area contributed by atoms with Crippen molar-refractivity contribution in [3.63, 3.8) is 0 Å². The summed E-state index contributed by atoms with van der Waals surface area (Å²) in [6, 6.07) is 25.1. The molecule has 2 aliphatic rings. The second kappa shape index (κ2) is 11.0. The van der Waals surface area contributed by atoms with Crippen molar-refractivity contribution in [3.05, 3.63) is 119 Å². The second-order valence-corrected chi connectivity index (χ2v) is 9.60. The van der Waals surface area contributed by atoms with Gasteiger partial charge >= 0.3 is 5.97 Å². The van der Waals surface area contributed by atoms with Crippen molar-refractivity contribution >= 4 is 11.8 Å². The summed E-state index contributed by atoms with van der Waals surface area (Å²) in [6.45, 7) is 2.01. The SMILES string of the molecule is COc1ccc(C2C(C(=O)OCc3ccccc3)=C(C)NC3=CC(c4ccccc4)CC(=O)C32)cc1OC. The Morgan fingerprint density at radius 1 is 0.868 bits per heavy atom. The quantitative estimate of drug-likeness (QED) is 0.414. The number of esters is 1. The predicted molar refractivity (Wildman–Crippen MR) is 145 cm³/mol. The second-order valence-electron chi connectivity index (χ2n) is 9.60. The number of rotatable bonds is 7. The van der Waals surface area contributed by atoms with E-state index in [1.165, 1.54) is 0 Å². The molecule has 3 aromatic rings. The fraction of sp³-hybridized carbons (Fsp3) is 0.250. The highest BCUT2D eigenvalue weighted by molar-refractivity contribution is 5.96. The lowest BCUT2D eigenvalue weighted by molar-refractivity contribution is -0.141. The highest BCUT2D eigenvalue weighted by Crippen LogP contribution is 2.47. The highest BCUT2D eigenvalue weighted by atomic mass is 16.5. The average molecular weight is 510 g/mol. The van der Waals surface area contributed by atoms with E-state index in [9.17, 15) is 9.59 Å². The third-order valence-corrected chi connectivity index (χ3v) is 7.29. The van der Waals surface area contributed by atoms with Crippen LogP contribution in [-0.2, 0) is 20.9 Å². The van der Waals surface area contributed by atoms with Gasteiger partial charge in [-0.1, -0.05) is 72.8 Å². The minimum atomic E-state index is -0.545. The number of methoxy groups -OCH3 is 2. The number of fused-ring (bicyclic) bond motifs is 1. The number of benzene rings is 3. The Hall–Kier alpha value is -4.32. The molecule has 194 valence electrons. The summed E-state index contributed by atoms with van der Waals surface area (Å²) in [7, 11) is 3.15. The van der Waals surface area contributed by atoms with Crippen molar-refractivity contribution < 1.29 is 23.8 Å². The molecule has 3 aromatic carbocycles. The number of carbonyl (C=O) groups is 2. The van der Waals surface area contributed by atoms with Gasteiger partial charge in [-0.05, 0) is 35.7 Å². The van der Waals surface area contributed by atoms with Crippen LogP contribution >= 0.6 is 0 Å². The minimum absolute atomic E-state index is 0.0344. The van der Waals surface area contributed by atoms with E-state index < -0.39 is 17.8 Å². The van der Waals surface area contributed by atoms with E-state index in [1.807, 2.05) is 85.8 Å². The molecule has 1 aliphatic heterocycles. The van der Waals surface area contributed by atoms with Crippen molar-refractivity contribution in [1.82, 2.24) is 5.32 Å². The maximum Gasteiger partial charge on any atom is 0.336 e. The van der Waals surface area contributed by atoms with Crippen LogP contribution in [0.2, 0.25) is 0 Å². The van der Waals surface area contributed by atoms with Crippen LogP contribution < -0.4 is 14.8 Å². The van der Waals surface area contributed by atoms with Crippen LogP contribution in [0, 0.1) is 5.92 Å². The first-order chi connectivity index (χ1) is 18.5. The number of ether oxygens (including phenoxy) is 3. The smallest absolute Gasteiger partial charge is 0.336 e. The predicted octanol–water partition coefficient (Wildman–Crippen LogP) is 5.66. The van der Waals surface area contributed by atoms with Crippen LogP contribution in [0.3, 0.4) is 0 Å². The van der Waals surface area contributed by atoms with Gasteiger partial charge in [0.25, 0.3) is 0 Å². The Morgan fingerprint density at radius 2 is 1.55 bits per heavy atom. The molecule has 6 nitrogen and oxygen atoms in total. The average Bonchev–Trinajstić information content (AvgIpc) is 2.95. The van der Waals surface area contributed by atoms with Gasteiger partial charge in [0.1, 0.15) is 12.4 Å². The minimum Gasteiger partial charge on any atom is -0.493 e. The summed E-state index contributed by atoms with van der Waals surface area (Å²) >= 11 is 0. The van der Waals surface area contributed by atoms with E-state index in [1.54, 1.807) is 14.2 Å². The van der Waals surface area contributed by atoms with Gasteiger partial charge in [-0.3, -0.25) is 4.79 Å². The van der Waals surface area contributed by atoms with Gasteiger partial charge in [0.05, 0.1) is 25.7 Å². The Labute approximate surface area is 222 Å². The van der Waals surface area contributed by atoms with Crippen LogP contribution in [0.5, 0.6) is 11.5 Å². The van der Waals surface area contributed by atoms with Crippen LogP contribution in [-0.4, -0.2) is 26.0 Å². The molecule has 5 rings (SSSR count). The first-order valence-corrected chi connectivity index (χ1v) is 12.7. The first-order valence-electron chi connectivity index (χ1n) is 12.7. The number of hydrogen-bond acceptors (Lipinski definition) is 6. The van der Waals surface area contributed by atoms with Crippen LogP contribution in [0.15, 0.2) is 102 Å². The van der Waals surface area contributed by atoms with Crippen molar-refractivity contribution in [2.45, 2.75) is 31.8 Å². The lowest BCUT2D eigenvalue weighted by Gasteiger charge is -2.39. The molecule has 1 aliphatic carbocycles. The number of allylic oxidation sites excluding steroid dienone is 3. The summed E-state index contributed by atoms with van der Waals surface area (Å²) < 4.78 is 16.8. The topological polar surface area (TPSA) is 73.9 Å². The fourth-order valence-corrected chi connectivity index (χ4v) is 5.47. The number of ketones is 1. The van der Waals surface area contributed by atoms with Gasteiger partial charge < -0.3 is 19.5 Å². The summed E-state index contributed by atoms with van der Waals surface area (Å²) in [5.41, 5.74) is 4.70. The van der Waals surface area contributed by atoms with Crippen LogP contribution in [0.4, 0.5) is 0 Å². The standard InChI is InChI=1S/C32H31NO5/c1-20-29(32(35)38-19-21-10-6-4-7-11-21)30(23-14-15-27(36-2)28(18-23)37-3)31-25(33-20)16-24(17-26(31)34)22-12-8-5-9-13-22/h4-16,18,24,30-31,33H,17,19H2,1-3H3. The van der Waals surface area contributed by atoms with Gasteiger partial charge in [0.2, 0.25) is 0 Å². The number of Topliss-reactive ketones (excluding diaryl/α,β-unsaturated/α-hetero) is 1. The molecule has 0 saturated carbocycles. The zero-order valence-corrected chi connectivity index (χ0v) is 21.8. The van der Waals surface area contributed by atoms with Gasteiger partial charge in [0.15, 0.2) is 11.5 Å². The molecule has 3 atom stereocenters. The van der Waals surface area contributed by atoms with Crippen molar-refractivity contribution in [3.8, 4) is 11.5 Å². The van der Waals surface area contributed by atoms with Crippen molar-refractivity contribution in [2.24, 2.45) is 5.92 Å². The number of carbonyl (C=O) groups excluding carboxylic acids is 2. The van der Waals surface area contributed by atoms with E-state index in [0.29, 0.717) is 29.2 Å². The third-order valence-electron chi connectivity index (χ3n) is 7.29. The molecule has 1 heterocycles. The Balaban J connectivity index is 1.57. The lowest BCUT2D eigenvalue weighted by Crippen LogP contribution is -2.41. The molecule has 0 bridgehead atoms. The molecule has 0 fully saturated rings. The molecular formula is C32H31NO5. The molecule has 0 radical (unpaired) electrons. The zero-order valence-electron chi connectivity index (χ0n) is 21.8. The van der Waals surface area contributed by atoms with E-state index in [0.717, 1.165) is 22.4 Å². The van der Waals surface area contributed by atoms with Crippen molar-refractivity contribution in [1.29, 1.82) is 0 Å². The van der Waals surface area contributed by atoms with Crippen molar-refractivity contribution in [2.75, 3.05) is 14.2 Å². The normalized spacial score (nSPS) is 20.7. The van der Waals surface area contributed by atoms with Gasteiger partial charge in [-0.2, -0.15) is 0 Å². The molecule has 6 heteroatoms. The van der Waals surface area contributed by atoms with E-state index in [-0.39, 0.29) is 18.3 Å². The summed E-state index contributed by atoms with van der Waals surface area (Å²) in [5, 5.41) is 3.39. The Bertz CT molecular complexity index is 1390. The third kappa shape index (κ3) is 4.94. The Kier molecular flexibility index (Phi) is 7.31. The fourth-order valence-electron chi connectivity index (χ4n) is 5.47. The van der Waals surface area contributed by atoms with E-state index >= 15 is 0 Å². The van der Waals surface area contributed by atoms with Gasteiger partial charge in [0, 0.05) is 29.7 Å². The van der Waals surface area contributed by atoms with Crippen LogP contribution in [0.1, 0.15) is 41.9 Å². The maximum atomic E-state index is 13.8. The van der Waals surface area contributed by atoms with Gasteiger partial charge in [-0.15, -0.1) is 0 Å². The molecule has 1 N–H and O–H groups in total.